The molecule has 0 radical (unpaired) electrons. The van der Waals surface area contributed by atoms with Crippen LogP contribution < -0.4 is 5.32 Å². The van der Waals surface area contributed by atoms with Crippen molar-refractivity contribution < 1.29 is 0 Å². The first kappa shape index (κ1) is 10.2. The highest BCUT2D eigenvalue weighted by atomic mass is 15.1. The zero-order valence-corrected chi connectivity index (χ0v) is 9.21. The van der Waals surface area contributed by atoms with Crippen LogP contribution in [0.4, 0.5) is 0 Å². The first-order valence-corrected chi connectivity index (χ1v) is 5.95. The minimum Gasteiger partial charge on any atom is -0.314 e. The molecule has 1 aliphatic heterocycles. The summed E-state index contributed by atoms with van der Waals surface area (Å²) in [7, 11) is 0. The summed E-state index contributed by atoms with van der Waals surface area (Å²) in [5, 5.41) is 3.60. The van der Waals surface area contributed by atoms with E-state index in [1.807, 2.05) is 0 Å². The fourth-order valence-electron chi connectivity index (χ4n) is 2.02. The summed E-state index contributed by atoms with van der Waals surface area (Å²) in [4.78, 5) is 2.55. The van der Waals surface area contributed by atoms with Gasteiger partial charge < -0.3 is 5.32 Å². The Kier molecular flexibility index (Phi) is 3.60. The molecule has 2 heteroatoms. The van der Waals surface area contributed by atoms with Gasteiger partial charge in [-0.15, -0.1) is 0 Å². The summed E-state index contributed by atoms with van der Waals surface area (Å²) in [5.74, 6) is 0.794. The molecule has 1 N–H and O–H groups in total. The van der Waals surface area contributed by atoms with Crippen molar-refractivity contribution in [3.05, 3.63) is 12.2 Å². The van der Waals surface area contributed by atoms with Crippen LogP contribution in [0.1, 0.15) is 26.2 Å². The number of rotatable bonds is 5. The lowest BCUT2D eigenvalue weighted by Gasteiger charge is -2.26. The van der Waals surface area contributed by atoms with E-state index >= 15 is 0 Å². The number of hydrogen-bond donors (Lipinski definition) is 1. The molecule has 2 nitrogen and oxygen atoms in total. The number of nitrogens with zero attached hydrogens (tertiary/aromatic N) is 1. The van der Waals surface area contributed by atoms with E-state index < -0.39 is 0 Å². The standard InChI is InChI=1S/C12H22N2/c1-11(9-13-12-5-6-12)10-14-7-3-2-4-8-14/h2-3,11-13H,4-10H2,1H3. The molecule has 0 bridgehead atoms. The summed E-state index contributed by atoms with van der Waals surface area (Å²) in [6, 6.07) is 0.860. The maximum absolute atomic E-state index is 3.60. The van der Waals surface area contributed by atoms with Gasteiger partial charge in [-0.3, -0.25) is 4.90 Å². The Balaban J connectivity index is 1.59. The minimum absolute atomic E-state index is 0.794. The molecule has 1 atom stereocenters. The smallest absolute Gasteiger partial charge is 0.0163 e. The van der Waals surface area contributed by atoms with E-state index in [0.29, 0.717) is 0 Å². The van der Waals surface area contributed by atoms with E-state index in [1.165, 1.54) is 38.9 Å². The van der Waals surface area contributed by atoms with Gasteiger partial charge in [0, 0.05) is 25.7 Å². The van der Waals surface area contributed by atoms with Crippen molar-refractivity contribution in [3.63, 3.8) is 0 Å². The molecule has 0 amide bonds. The lowest BCUT2D eigenvalue weighted by atomic mass is 10.1. The molecule has 2 aliphatic rings. The van der Waals surface area contributed by atoms with Crippen LogP contribution in [-0.4, -0.2) is 37.1 Å². The third-order valence-corrected chi connectivity index (χ3v) is 3.04. The topological polar surface area (TPSA) is 15.3 Å². The molecule has 1 heterocycles. The summed E-state index contributed by atoms with van der Waals surface area (Å²) in [6.45, 7) is 7.22. The van der Waals surface area contributed by atoms with Gasteiger partial charge in [0.15, 0.2) is 0 Å². The first-order chi connectivity index (χ1) is 6.84. The van der Waals surface area contributed by atoms with Gasteiger partial charge >= 0.3 is 0 Å². The molecule has 2 rings (SSSR count). The molecule has 0 aromatic carbocycles. The average molecular weight is 194 g/mol. The van der Waals surface area contributed by atoms with Crippen molar-refractivity contribution >= 4 is 0 Å². The highest BCUT2D eigenvalue weighted by Gasteiger charge is 2.21. The van der Waals surface area contributed by atoms with Crippen LogP contribution in [0.5, 0.6) is 0 Å². The van der Waals surface area contributed by atoms with E-state index in [4.69, 9.17) is 0 Å². The SMILES string of the molecule is CC(CNC1CC1)CN1CC=CCC1. The van der Waals surface area contributed by atoms with Crippen LogP contribution >= 0.6 is 0 Å². The predicted octanol–water partition coefficient (Wildman–Crippen LogP) is 1.64. The Hall–Kier alpha value is -0.340. The minimum atomic E-state index is 0.794. The van der Waals surface area contributed by atoms with Gasteiger partial charge in [0.1, 0.15) is 0 Å². The second-order valence-corrected chi connectivity index (χ2v) is 4.81. The zero-order valence-electron chi connectivity index (χ0n) is 9.21. The van der Waals surface area contributed by atoms with Gasteiger partial charge in [-0.2, -0.15) is 0 Å². The predicted molar refractivity (Wildman–Crippen MR) is 60.4 cm³/mol. The van der Waals surface area contributed by atoms with Gasteiger partial charge in [0.05, 0.1) is 0 Å². The fraction of sp³-hybridized carbons (Fsp3) is 0.833. The largest absolute Gasteiger partial charge is 0.314 e. The fourth-order valence-corrected chi connectivity index (χ4v) is 2.02. The molecular formula is C12H22N2. The van der Waals surface area contributed by atoms with E-state index in [1.54, 1.807) is 0 Å². The molecule has 80 valence electrons. The van der Waals surface area contributed by atoms with Gasteiger partial charge in [-0.25, -0.2) is 0 Å². The van der Waals surface area contributed by atoms with E-state index in [0.717, 1.165) is 18.5 Å². The third kappa shape index (κ3) is 3.43. The molecule has 0 saturated heterocycles. The maximum Gasteiger partial charge on any atom is 0.0163 e. The summed E-state index contributed by atoms with van der Waals surface area (Å²) in [5.41, 5.74) is 0. The Morgan fingerprint density at radius 3 is 2.93 bits per heavy atom. The lowest BCUT2D eigenvalue weighted by Crippen LogP contribution is -2.35. The van der Waals surface area contributed by atoms with Gasteiger partial charge in [-0.05, 0) is 31.7 Å². The Morgan fingerprint density at radius 1 is 1.43 bits per heavy atom. The monoisotopic (exact) mass is 194 g/mol. The molecular weight excluding hydrogens is 172 g/mol. The van der Waals surface area contributed by atoms with Gasteiger partial charge in [-0.1, -0.05) is 19.1 Å². The maximum atomic E-state index is 3.60. The zero-order chi connectivity index (χ0) is 9.80. The normalized spacial score (nSPS) is 25.2. The summed E-state index contributed by atoms with van der Waals surface area (Å²) < 4.78 is 0. The molecule has 14 heavy (non-hydrogen) atoms. The summed E-state index contributed by atoms with van der Waals surface area (Å²) >= 11 is 0. The van der Waals surface area contributed by atoms with Crippen molar-refractivity contribution in [3.8, 4) is 0 Å². The first-order valence-electron chi connectivity index (χ1n) is 5.95. The highest BCUT2D eigenvalue weighted by molar-refractivity contribution is 4.91. The van der Waals surface area contributed by atoms with Crippen LogP contribution in [0, 0.1) is 5.92 Å². The third-order valence-electron chi connectivity index (χ3n) is 3.04. The van der Waals surface area contributed by atoms with Crippen molar-refractivity contribution in [1.82, 2.24) is 10.2 Å². The van der Waals surface area contributed by atoms with Gasteiger partial charge in [0.2, 0.25) is 0 Å². The summed E-state index contributed by atoms with van der Waals surface area (Å²) in [6.07, 6.45) is 8.63. The quantitative estimate of drug-likeness (QED) is 0.669. The van der Waals surface area contributed by atoms with Crippen LogP contribution in [0.25, 0.3) is 0 Å². The van der Waals surface area contributed by atoms with Crippen LogP contribution in [0.3, 0.4) is 0 Å². The Bertz CT molecular complexity index is 196. The molecule has 0 aromatic rings. The average Bonchev–Trinajstić information content (AvgIpc) is 3.00. The molecule has 0 aromatic heterocycles. The molecule has 0 spiro atoms. The van der Waals surface area contributed by atoms with E-state index in [9.17, 15) is 0 Å². The molecule has 1 saturated carbocycles. The van der Waals surface area contributed by atoms with Crippen molar-refractivity contribution in [2.45, 2.75) is 32.2 Å². The van der Waals surface area contributed by atoms with Gasteiger partial charge in [0.25, 0.3) is 0 Å². The van der Waals surface area contributed by atoms with Crippen LogP contribution in [-0.2, 0) is 0 Å². The second kappa shape index (κ2) is 4.94. The Labute approximate surface area is 87.4 Å². The lowest BCUT2D eigenvalue weighted by molar-refractivity contribution is 0.253. The van der Waals surface area contributed by atoms with Crippen LogP contribution in [0.2, 0.25) is 0 Å². The van der Waals surface area contributed by atoms with E-state index in [-0.39, 0.29) is 0 Å². The molecule has 1 aliphatic carbocycles. The second-order valence-electron chi connectivity index (χ2n) is 4.81. The van der Waals surface area contributed by atoms with E-state index in [2.05, 4.69) is 29.3 Å². The van der Waals surface area contributed by atoms with Crippen molar-refractivity contribution in [2.75, 3.05) is 26.2 Å². The van der Waals surface area contributed by atoms with Crippen LogP contribution in [0.15, 0.2) is 12.2 Å². The number of hydrogen-bond acceptors (Lipinski definition) is 2. The molecule has 1 fully saturated rings. The molecule has 1 unspecified atom stereocenters. The number of nitrogens with one attached hydrogen (secondary N) is 1. The van der Waals surface area contributed by atoms with Crippen molar-refractivity contribution in [2.24, 2.45) is 5.92 Å². The van der Waals surface area contributed by atoms with Crippen molar-refractivity contribution in [1.29, 1.82) is 0 Å². The highest BCUT2D eigenvalue weighted by Crippen LogP contribution is 2.18. The Morgan fingerprint density at radius 2 is 2.29 bits per heavy atom.